The largest absolute Gasteiger partial charge is 0.370 e. The Kier molecular flexibility index (Phi) is 6.15. The summed E-state index contributed by atoms with van der Waals surface area (Å²) >= 11 is 0. The fourth-order valence-corrected chi connectivity index (χ4v) is 2.18. The zero-order valence-electron chi connectivity index (χ0n) is 13.6. The molecule has 0 spiro atoms. The molecule has 5 heteroatoms. The summed E-state index contributed by atoms with van der Waals surface area (Å²) in [6.07, 6.45) is 2.68. The van der Waals surface area contributed by atoms with E-state index in [1.54, 1.807) is 6.33 Å². The topological polar surface area (TPSA) is 53.1 Å². The van der Waals surface area contributed by atoms with E-state index in [9.17, 15) is 0 Å². The van der Waals surface area contributed by atoms with E-state index in [0.29, 0.717) is 0 Å². The maximum Gasteiger partial charge on any atom is 0.131 e. The van der Waals surface area contributed by atoms with Gasteiger partial charge in [-0.2, -0.15) is 0 Å². The predicted molar refractivity (Wildman–Crippen MR) is 92.2 cm³/mol. The second-order valence-electron chi connectivity index (χ2n) is 5.71. The third-order valence-corrected chi connectivity index (χ3v) is 3.31. The van der Waals surface area contributed by atoms with Crippen LogP contribution in [0.15, 0.2) is 36.7 Å². The fraction of sp³-hybridized carbons (Fsp3) is 0.412. The van der Waals surface area contributed by atoms with Crippen LogP contribution in [0, 0.1) is 6.92 Å². The molecule has 22 heavy (non-hydrogen) atoms. The van der Waals surface area contributed by atoms with Crippen molar-refractivity contribution in [3.63, 3.8) is 0 Å². The molecular formula is C17H25N5. The van der Waals surface area contributed by atoms with Crippen molar-refractivity contribution in [3.05, 3.63) is 47.8 Å². The molecule has 0 unspecified atom stereocenters. The number of nitrogens with zero attached hydrogens (tertiary/aromatic N) is 3. The Bertz CT molecular complexity index is 583. The summed E-state index contributed by atoms with van der Waals surface area (Å²) in [5, 5.41) is 6.67. The van der Waals surface area contributed by atoms with Crippen LogP contribution >= 0.6 is 0 Å². The van der Waals surface area contributed by atoms with Gasteiger partial charge in [0.1, 0.15) is 18.0 Å². The monoisotopic (exact) mass is 299 g/mol. The van der Waals surface area contributed by atoms with Crippen molar-refractivity contribution in [2.24, 2.45) is 0 Å². The fourth-order valence-electron chi connectivity index (χ4n) is 2.18. The van der Waals surface area contributed by atoms with E-state index in [4.69, 9.17) is 0 Å². The average molecular weight is 299 g/mol. The summed E-state index contributed by atoms with van der Waals surface area (Å²) in [6.45, 7) is 4.84. The van der Waals surface area contributed by atoms with Gasteiger partial charge in [0, 0.05) is 19.2 Å². The van der Waals surface area contributed by atoms with Crippen molar-refractivity contribution in [1.82, 2.24) is 14.9 Å². The Balaban J connectivity index is 1.83. The first-order valence-electron chi connectivity index (χ1n) is 7.63. The first-order chi connectivity index (χ1) is 10.6. The van der Waals surface area contributed by atoms with Crippen LogP contribution in [0.5, 0.6) is 0 Å². The van der Waals surface area contributed by atoms with Gasteiger partial charge in [0.25, 0.3) is 0 Å². The molecule has 2 rings (SSSR count). The maximum absolute atomic E-state index is 4.26. The van der Waals surface area contributed by atoms with E-state index in [1.165, 1.54) is 11.1 Å². The highest BCUT2D eigenvalue weighted by Gasteiger charge is 1.99. The highest BCUT2D eigenvalue weighted by atomic mass is 15.1. The maximum atomic E-state index is 4.26. The van der Waals surface area contributed by atoms with Crippen molar-refractivity contribution in [2.75, 3.05) is 37.8 Å². The lowest BCUT2D eigenvalue weighted by Gasteiger charge is -2.11. The van der Waals surface area contributed by atoms with Crippen LogP contribution in [-0.2, 0) is 6.54 Å². The summed E-state index contributed by atoms with van der Waals surface area (Å²) in [7, 11) is 4.16. The number of hydrogen-bond donors (Lipinski definition) is 2. The molecule has 1 aromatic carbocycles. The van der Waals surface area contributed by atoms with Crippen molar-refractivity contribution >= 4 is 11.6 Å². The molecular weight excluding hydrogens is 274 g/mol. The Hall–Kier alpha value is -2.14. The molecule has 0 atom stereocenters. The normalized spacial score (nSPS) is 10.7. The van der Waals surface area contributed by atoms with E-state index in [1.807, 2.05) is 6.07 Å². The van der Waals surface area contributed by atoms with Gasteiger partial charge in [0.2, 0.25) is 0 Å². The molecule has 2 aromatic rings. The third-order valence-electron chi connectivity index (χ3n) is 3.31. The molecule has 2 N–H and O–H groups in total. The van der Waals surface area contributed by atoms with Crippen molar-refractivity contribution < 1.29 is 0 Å². The van der Waals surface area contributed by atoms with E-state index >= 15 is 0 Å². The minimum absolute atomic E-state index is 0.763. The van der Waals surface area contributed by atoms with Gasteiger partial charge in [-0.15, -0.1) is 0 Å². The predicted octanol–water partition coefficient (Wildman–Crippen LogP) is 2.76. The summed E-state index contributed by atoms with van der Waals surface area (Å²) in [5.41, 5.74) is 2.52. The molecule has 1 aromatic heterocycles. The number of aryl methyl sites for hydroxylation is 1. The van der Waals surface area contributed by atoms with Crippen LogP contribution in [0.3, 0.4) is 0 Å². The second kappa shape index (κ2) is 8.34. The molecule has 0 amide bonds. The molecule has 0 aliphatic carbocycles. The van der Waals surface area contributed by atoms with Crippen LogP contribution in [0.2, 0.25) is 0 Å². The first-order valence-corrected chi connectivity index (χ1v) is 7.63. The summed E-state index contributed by atoms with van der Waals surface area (Å²) in [6, 6.07) is 10.4. The summed E-state index contributed by atoms with van der Waals surface area (Å²) in [4.78, 5) is 10.7. The molecule has 0 bridgehead atoms. The Morgan fingerprint density at radius 3 is 2.55 bits per heavy atom. The summed E-state index contributed by atoms with van der Waals surface area (Å²) < 4.78 is 0. The van der Waals surface area contributed by atoms with Crippen LogP contribution < -0.4 is 10.6 Å². The van der Waals surface area contributed by atoms with Gasteiger partial charge in [-0.1, -0.05) is 29.8 Å². The Labute approximate surface area is 132 Å². The molecule has 0 aliphatic rings. The lowest BCUT2D eigenvalue weighted by Crippen LogP contribution is -2.16. The average Bonchev–Trinajstić information content (AvgIpc) is 2.50. The first kappa shape index (κ1) is 16.2. The number of nitrogens with one attached hydrogen (secondary N) is 2. The van der Waals surface area contributed by atoms with Crippen LogP contribution in [0.25, 0.3) is 0 Å². The number of aromatic nitrogens is 2. The smallest absolute Gasteiger partial charge is 0.131 e. The number of rotatable bonds is 8. The zero-order valence-corrected chi connectivity index (χ0v) is 13.6. The molecule has 0 fully saturated rings. The minimum Gasteiger partial charge on any atom is -0.370 e. The molecule has 0 aliphatic heterocycles. The van der Waals surface area contributed by atoms with Crippen molar-refractivity contribution in [3.8, 4) is 0 Å². The molecule has 0 saturated heterocycles. The van der Waals surface area contributed by atoms with Gasteiger partial charge in [-0.3, -0.25) is 0 Å². The third kappa shape index (κ3) is 5.69. The van der Waals surface area contributed by atoms with Gasteiger partial charge in [-0.25, -0.2) is 9.97 Å². The second-order valence-corrected chi connectivity index (χ2v) is 5.71. The van der Waals surface area contributed by atoms with Crippen molar-refractivity contribution in [2.45, 2.75) is 19.9 Å². The standard InChI is InChI=1S/C17H25N5/c1-14-6-4-7-15(10-14)12-19-17-11-16(20-13-21-17)18-8-5-9-22(2)3/h4,6-7,10-11,13H,5,8-9,12H2,1-3H3,(H2,18,19,20,21). The highest BCUT2D eigenvalue weighted by Crippen LogP contribution is 2.11. The zero-order chi connectivity index (χ0) is 15.8. The van der Waals surface area contributed by atoms with E-state index in [0.717, 1.165) is 37.7 Å². The van der Waals surface area contributed by atoms with Gasteiger partial charge in [0.05, 0.1) is 0 Å². The van der Waals surface area contributed by atoms with Gasteiger partial charge >= 0.3 is 0 Å². The SMILES string of the molecule is Cc1cccc(CNc2cc(NCCCN(C)C)ncn2)c1. The molecule has 0 radical (unpaired) electrons. The summed E-state index contributed by atoms with van der Waals surface area (Å²) in [5.74, 6) is 1.70. The lowest BCUT2D eigenvalue weighted by molar-refractivity contribution is 0.405. The van der Waals surface area contributed by atoms with Gasteiger partial charge < -0.3 is 15.5 Å². The molecule has 1 heterocycles. The Morgan fingerprint density at radius 2 is 1.82 bits per heavy atom. The van der Waals surface area contributed by atoms with Gasteiger partial charge in [-0.05, 0) is 39.5 Å². The Morgan fingerprint density at radius 1 is 1.05 bits per heavy atom. The number of anilines is 2. The van der Waals surface area contributed by atoms with Crippen LogP contribution in [0.1, 0.15) is 17.5 Å². The van der Waals surface area contributed by atoms with E-state index < -0.39 is 0 Å². The van der Waals surface area contributed by atoms with E-state index in [2.05, 4.69) is 70.8 Å². The minimum atomic E-state index is 0.763. The highest BCUT2D eigenvalue weighted by molar-refractivity contribution is 5.46. The van der Waals surface area contributed by atoms with Crippen molar-refractivity contribution in [1.29, 1.82) is 0 Å². The van der Waals surface area contributed by atoms with Crippen LogP contribution in [-0.4, -0.2) is 42.1 Å². The molecule has 118 valence electrons. The quantitative estimate of drug-likeness (QED) is 0.734. The number of benzene rings is 1. The van der Waals surface area contributed by atoms with E-state index in [-0.39, 0.29) is 0 Å². The number of hydrogen-bond acceptors (Lipinski definition) is 5. The molecule has 0 saturated carbocycles. The molecule has 5 nitrogen and oxygen atoms in total. The lowest BCUT2D eigenvalue weighted by atomic mass is 10.1. The van der Waals surface area contributed by atoms with Crippen LogP contribution in [0.4, 0.5) is 11.6 Å². The van der Waals surface area contributed by atoms with Gasteiger partial charge in [0.15, 0.2) is 0 Å².